The highest BCUT2D eigenvalue weighted by Crippen LogP contribution is 2.02. The fourth-order valence-corrected chi connectivity index (χ4v) is 1.16. The molecule has 0 saturated carbocycles. The van der Waals surface area contributed by atoms with E-state index >= 15 is 0 Å². The fraction of sp³-hybridized carbons (Fsp3) is 0.273. The predicted octanol–water partition coefficient (Wildman–Crippen LogP) is 2.34. The van der Waals surface area contributed by atoms with Crippen molar-refractivity contribution < 1.29 is 0 Å². The van der Waals surface area contributed by atoms with E-state index in [2.05, 4.69) is 4.99 Å². The molecule has 1 aromatic carbocycles. The van der Waals surface area contributed by atoms with Crippen molar-refractivity contribution in [2.75, 3.05) is 14.1 Å². The van der Waals surface area contributed by atoms with E-state index < -0.39 is 0 Å². The van der Waals surface area contributed by atoms with E-state index in [0.717, 1.165) is 11.4 Å². The lowest BCUT2D eigenvalue weighted by Gasteiger charge is -2.11. The van der Waals surface area contributed by atoms with Crippen LogP contribution in [0, 0.1) is 0 Å². The summed E-state index contributed by atoms with van der Waals surface area (Å²) in [6.45, 7) is 1.94. The van der Waals surface area contributed by atoms with E-state index in [4.69, 9.17) is 12.2 Å². The molecule has 0 unspecified atom stereocenters. The van der Waals surface area contributed by atoms with Gasteiger partial charge in [-0.2, -0.15) is 0 Å². The first-order valence-corrected chi connectivity index (χ1v) is 4.84. The standard InChI is InChI=1S/C11H14N2S/c1-9(13(2)3)12-11(14)10-7-5-4-6-8-10/h4-8H,1-3H3. The number of thiocarbonyl (C=S) groups is 1. The Bertz CT molecular complexity index is 342. The molecule has 0 N–H and O–H groups in total. The third-order valence-electron chi connectivity index (χ3n) is 1.93. The molecule has 74 valence electrons. The number of rotatable bonds is 1. The Morgan fingerprint density at radius 1 is 1.21 bits per heavy atom. The summed E-state index contributed by atoms with van der Waals surface area (Å²) in [6, 6.07) is 9.82. The van der Waals surface area contributed by atoms with Gasteiger partial charge in [0.25, 0.3) is 0 Å². The van der Waals surface area contributed by atoms with Crippen molar-refractivity contribution in [2.45, 2.75) is 6.92 Å². The van der Waals surface area contributed by atoms with E-state index in [0.29, 0.717) is 4.99 Å². The summed E-state index contributed by atoms with van der Waals surface area (Å²) in [4.78, 5) is 6.90. The Morgan fingerprint density at radius 2 is 1.79 bits per heavy atom. The van der Waals surface area contributed by atoms with Crippen LogP contribution in [0.25, 0.3) is 0 Å². The van der Waals surface area contributed by atoms with E-state index in [-0.39, 0.29) is 0 Å². The molecular formula is C11H14N2S. The molecule has 0 bridgehead atoms. The van der Waals surface area contributed by atoms with Gasteiger partial charge in [-0.15, -0.1) is 0 Å². The SMILES string of the molecule is CC(=NC(=S)c1ccccc1)N(C)C. The van der Waals surface area contributed by atoms with Crippen molar-refractivity contribution >= 4 is 23.0 Å². The van der Waals surface area contributed by atoms with Gasteiger partial charge in [-0.05, 0) is 6.92 Å². The molecule has 0 amide bonds. The molecule has 0 aliphatic rings. The number of benzene rings is 1. The van der Waals surface area contributed by atoms with E-state index in [1.807, 2.05) is 56.3 Å². The van der Waals surface area contributed by atoms with Crippen molar-refractivity contribution in [3.05, 3.63) is 35.9 Å². The molecule has 0 heterocycles. The molecule has 0 aromatic heterocycles. The molecule has 2 nitrogen and oxygen atoms in total. The lowest BCUT2D eigenvalue weighted by Crippen LogP contribution is -2.19. The Hall–Kier alpha value is -1.22. The van der Waals surface area contributed by atoms with Gasteiger partial charge in [-0.25, -0.2) is 4.99 Å². The van der Waals surface area contributed by atoms with Crippen LogP contribution in [-0.2, 0) is 0 Å². The molecule has 0 aliphatic carbocycles. The average Bonchev–Trinajstić information content (AvgIpc) is 2.19. The maximum atomic E-state index is 5.20. The van der Waals surface area contributed by atoms with Crippen LogP contribution in [0.1, 0.15) is 12.5 Å². The van der Waals surface area contributed by atoms with Crippen LogP contribution in [-0.4, -0.2) is 29.8 Å². The summed E-state index contributed by atoms with van der Waals surface area (Å²) >= 11 is 5.20. The van der Waals surface area contributed by atoms with Crippen LogP contribution < -0.4 is 0 Å². The molecule has 0 aliphatic heterocycles. The molecule has 0 saturated heterocycles. The van der Waals surface area contributed by atoms with Crippen LogP contribution in [0.3, 0.4) is 0 Å². The summed E-state index contributed by atoms with van der Waals surface area (Å²) in [5.41, 5.74) is 0.990. The number of amidine groups is 1. The van der Waals surface area contributed by atoms with Gasteiger partial charge in [0, 0.05) is 19.7 Å². The smallest absolute Gasteiger partial charge is 0.135 e. The maximum Gasteiger partial charge on any atom is 0.135 e. The molecular weight excluding hydrogens is 192 g/mol. The first kappa shape index (κ1) is 10.9. The maximum absolute atomic E-state index is 5.20. The summed E-state index contributed by atoms with van der Waals surface area (Å²) in [6.07, 6.45) is 0. The first-order valence-electron chi connectivity index (χ1n) is 4.43. The number of nitrogens with zero attached hydrogens (tertiary/aromatic N) is 2. The van der Waals surface area contributed by atoms with E-state index in [1.54, 1.807) is 0 Å². The minimum Gasteiger partial charge on any atom is -0.366 e. The summed E-state index contributed by atoms with van der Waals surface area (Å²) in [5.74, 6) is 0.916. The van der Waals surface area contributed by atoms with Crippen LogP contribution >= 0.6 is 12.2 Å². The highest BCUT2D eigenvalue weighted by atomic mass is 32.1. The normalized spacial score (nSPS) is 11.2. The van der Waals surface area contributed by atoms with Gasteiger partial charge in [-0.3, -0.25) is 0 Å². The van der Waals surface area contributed by atoms with Crippen molar-refractivity contribution in [1.82, 2.24) is 4.90 Å². The van der Waals surface area contributed by atoms with Crippen LogP contribution in [0.2, 0.25) is 0 Å². The number of hydrogen-bond donors (Lipinski definition) is 0. The highest BCUT2D eigenvalue weighted by Gasteiger charge is 1.99. The third kappa shape index (κ3) is 2.92. The fourth-order valence-electron chi connectivity index (χ4n) is 0.892. The zero-order valence-electron chi connectivity index (χ0n) is 8.69. The molecule has 14 heavy (non-hydrogen) atoms. The largest absolute Gasteiger partial charge is 0.366 e. The van der Waals surface area contributed by atoms with Gasteiger partial charge in [0.1, 0.15) is 10.8 Å². The molecule has 0 radical (unpaired) electrons. The first-order chi connectivity index (χ1) is 6.61. The van der Waals surface area contributed by atoms with Gasteiger partial charge in [0.2, 0.25) is 0 Å². The highest BCUT2D eigenvalue weighted by molar-refractivity contribution is 7.80. The second-order valence-electron chi connectivity index (χ2n) is 3.22. The van der Waals surface area contributed by atoms with E-state index in [1.165, 1.54) is 0 Å². The van der Waals surface area contributed by atoms with Crippen molar-refractivity contribution in [3.8, 4) is 0 Å². The Labute approximate surface area is 90.3 Å². The van der Waals surface area contributed by atoms with Gasteiger partial charge >= 0.3 is 0 Å². The summed E-state index contributed by atoms with van der Waals surface area (Å²) in [5, 5.41) is 0. The van der Waals surface area contributed by atoms with Gasteiger partial charge in [0.15, 0.2) is 0 Å². The molecule has 1 rings (SSSR count). The van der Waals surface area contributed by atoms with Crippen LogP contribution in [0.15, 0.2) is 35.3 Å². The summed E-state index contributed by atoms with van der Waals surface area (Å²) in [7, 11) is 3.90. The van der Waals surface area contributed by atoms with Gasteiger partial charge < -0.3 is 4.90 Å². The second-order valence-corrected chi connectivity index (χ2v) is 3.61. The molecule has 0 spiro atoms. The van der Waals surface area contributed by atoms with Crippen molar-refractivity contribution in [3.63, 3.8) is 0 Å². The lowest BCUT2D eigenvalue weighted by atomic mass is 10.2. The molecule has 0 fully saturated rings. The Kier molecular flexibility index (Phi) is 3.77. The zero-order valence-corrected chi connectivity index (χ0v) is 9.51. The quantitative estimate of drug-likeness (QED) is 0.398. The predicted molar refractivity (Wildman–Crippen MR) is 64.9 cm³/mol. The van der Waals surface area contributed by atoms with Crippen LogP contribution in [0.4, 0.5) is 0 Å². The Morgan fingerprint density at radius 3 is 2.29 bits per heavy atom. The minimum atomic E-state index is 0.636. The van der Waals surface area contributed by atoms with Gasteiger partial charge in [0.05, 0.1) is 0 Å². The zero-order chi connectivity index (χ0) is 10.6. The molecule has 0 atom stereocenters. The topological polar surface area (TPSA) is 15.6 Å². The average molecular weight is 206 g/mol. The summed E-state index contributed by atoms with van der Waals surface area (Å²) < 4.78 is 0. The van der Waals surface area contributed by atoms with Crippen molar-refractivity contribution in [2.24, 2.45) is 4.99 Å². The van der Waals surface area contributed by atoms with Gasteiger partial charge in [-0.1, -0.05) is 42.5 Å². The van der Waals surface area contributed by atoms with E-state index in [9.17, 15) is 0 Å². The van der Waals surface area contributed by atoms with Crippen LogP contribution in [0.5, 0.6) is 0 Å². The minimum absolute atomic E-state index is 0.636. The second kappa shape index (κ2) is 4.86. The van der Waals surface area contributed by atoms with Crippen molar-refractivity contribution in [1.29, 1.82) is 0 Å². The molecule has 3 heteroatoms. The Balaban J connectivity index is 2.83. The number of hydrogen-bond acceptors (Lipinski definition) is 1. The number of aliphatic imine (C=N–C) groups is 1. The molecule has 1 aromatic rings. The third-order valence-corrected chi connectivity index (χ3v) is 2.26. The lowest BCUT2D eigenvalue weighted by molar-refractivity contribution is 0.620. The monoisotopic (exact) mass is 206 g/mol.